The minimum atomic E-state index is -0.268. The zero-order valence-electron chi connectivity index (χ0n) is 11.6. The standard InChI is InChI=1S/C15H20ClNO2/c1-4-13-14-10(2)6-5-7-12(14)11(3)17(13)15(18)19-9-8-16/h5-7,11,13H,4,8-9H2,1-3H3/t11-,13+/m0/s1. The Bertz CT molecular complexity index is 475. The van der Waals surface area contributed by atoms with Gasteiger partial charge in [0, 0.05) is 0 Å². The van der Waals surface area contributed by atoms with Gasteiger partial charge in [0.05, 0.1) is 18.0 Å². The van der Waals surface area contributed by atoms with Gasteiger partial charge in [-0.15, -0.1) is 11.6 Å². The molecule has 0 N–H and O–H groups in total. The van der Waals surface area contributed by atoms with Crippen molar-refractivity contribution in [2.75, 3.05) is 12.5 Å². The van der Waals surface area contributed by atoms with Crippen LogP contribution in [0.1, 0.15) is 49.0 Å². The van der Waals surface area contributed by atoms with Crippen LogP contribution in [0.3, 0.4) is 0 Å². The first-order chi connectivity index (χ1) is 9.11. The number of benzene rings is 1. The molecule has 1 amide bonds. The summed E-state index contributed by atoms with van der Waals surface area (Å²) in [5, 5.41) is 0. The number of carbonyl (C=O) groups is 1. The molecule has 0 unspecified atom stereocenters. The van der Waals surface area contributed by atoms with Gasteiger partial charge in [0.25, 0.3) is 0 Å². The molecule has 1 aliphatic rings. The van der Waals surface area contributed by atoms with E-state index in [1.165, 1.54) is 16.7 Å². The Morgan fingerprint density at radius 3 is 2.84 bits per heavy atom. The predicted octanol–water partition coefficient (Wildman–Crippen LogP) is 4.20. The monoisotopic (exact) mass is 281 g/mol. The van der Waals surface area contributed by atoms with Gasteiger partial charge in [-0.3, -0.25) is 4.90 Å². The summed E-state index contributed by atoms with van der Waals surface area (Å²) in [6.45, 7) is 6.51. The minimum Gasteiger partial charge on any atom is -0.448 e. The van der Waals surface area contributed by atoms with Crippen molar-refractivity contribution in [2.45, 2.75) is 39.3 Å². The normalized spacial score (nSPS) is 21.4. The molecule has 3 nitrogen and oxygen atoms in total. The first-order valence-electron chi connectivity index (χ1n) is 6.72. The molecular formula is C15H20ClNO2. The number of alkyl halides is 1. The van der Waals surface area contributed by atoms with Crippen molar-refractivity contribution in [1.82, 2.24) is 4.90 Å². The Labute approximate surface area is 119 Å². The Kier molecular flexibility index (Phi) is 4.35. The third-order valence-electron chi connectivity index (χ3n) is 3.79. The molecule has 0 radical (unpaired) electrons. The SMILES string of the molecule is CC[C@@H]1c2c(C)cccc2[C@H](C)N1C(=O)OCCCl. The van der Waals surface area contributed by atoms with Crippen molar-refractivity contribution < 1.29 is 9.53 Å². The molecule has 0 aromatic heterocycles. The van der Waals surface area contributed by atoms with E-state index in [1.54, 1.807) is 0 Å². The molecular weight excluding hydrogens is 262 g/mol. The average molecular weight is 282 g/mol. The van der Waals surface area contributed by atoms with Crippen molar-refractivity contribution in [3.05, 3.63) is 34.9 Å². The highest BCUT2D eigenvalue weighted by atomic mass is 35.5. The number of amides is 1. The van der Waals surface area contributed by atoms with E-state index in [9.17, 15) is 4.79 Å². The predicted molar refractivity (Wildman–Crippen MR) is 76.5 cm³/mol. The number of fused-ring (bicyclic) bond motifs is 1. The summed E-state index contributed by atoms with van der Waals surface area (Å²) in [6.07, 6.45) is 0.619. The molecule has 1 aromatic carbocycles. The molecule has 2 rings (SSSR count). The summed E-state index contributed by atoms with van der Waals surface area (Å²) in [6, 6.07) is 6.41. The third-order valence-corrected chi connectivity index (χ3v) is 3.95. The Morgan fingerprint density at radius 1 is 1.47 bits per heavy atom. The molecule has 0 spiro atoms. The van der Waals surface area contributed by atoms with Gasteiger partial charge in [-0.25, -0.2) is 4.79 Å². The quantitative estimate of drug-likeness (QED) is 0.777. The number of ether oxygens (including phenoxy) is 1. The van der Waals surface area contributed by atoms with Crippen molar-refractivity contribution in [3.8, 4) is 0 Å². The van der Waals surface area contributed by atoms with Crippen molar-refractivity contribution in [3.63, 3.8) is 0 Å². The van der Waals surface area contributed by atoms with Crippen LogP contribution >= 0.6 is 11.6 Å². The van der Waals surface area contributed by atoms with Gasteiger partial charge in [0.2, 0.25) is 0 Å². The maximum absolute atomic E-state index is 12.2. The van der Waals surface area contributed by atoms with E-state index in [0.29, 0.717) is 5.88 Å². The summed E-state index contributed by atoms with van der Waals surface area (Å²) in [7, 11) is 0. The molecule has 0 saturated heterocycles. The first-order valence-corrected chi connectivity index (χ1v) is 7.25. The number of hydrogen-bond acceptors (Lipinski definition) is 2. The van der Waals surface area contributed by atoms with E-state index in [4.69, 9.17) is 16.3 Å². The number of carbonyl (C=O) groups excluding carboxylic acids is 1. The van der Waals surface area contributed by atoms with E-state index >= 15 is 0 Å². The maximum atomic E-state index is 12.2. The van der Waals surface area contributed by atoms with Gasteiger partial charge in [0.15, 0.2) is 0 Å². The van der Waals surface area contributed by atoms with Crippen LogP contribution in [-0.2, 0) is 4.74 Å². The summed E-state index contributed by atoms with van der Waals surface area (Å²) < 4.78 is 5.20. The fraction of sp³-hybridized carbons (Fsp3) is 0.533. The fourth-order valence-electron chi connectivity index (χ4n) is 2.97. The second-order valence-electron chi connectivity index (χ2n) is 4.89. The maximum Gasteiger partial charge on any atom is 0.410 e. The zero-order valence-corrected chi connectivity index (χ0v) is 12.4. The summed E-state index contributed by atoms with van der Waals surface area (Å²) in [4.78, 5) is 14.0. The van der Waals surface area contributed by atoms with Crippen molar-refractivity contribution >= 4 is 17.7 Å². The number of rotatable bonds is 3. The van der Waals surface area contributed by atoms with Gasteiger partial charge >= 0.3 is 6.09 Å². The lowest BCUT2D eigenvalue weighted by Crippen LogP contribution is -2.32. The number of aryl methyl sites for hydroxylation is 1. The summed E-state index contributed by atoms with van der Waals surface area (Å²) in [5.74, 6) is 0.330. The molecule has 0 fully saturated rings. The third kappa shape index (κ3) is 2.44. The highest BCUT2D eigenvalue weighted by molar-refractivity contribution is 6.18. The lowest BCUT2D eigenvalue weighted by Gasteiger charge is -2.27. The molecule has 1 heterocycles. The smallest absolute Gasteiger partial charge is 0.410 e. The molecule has 104 valence electrons. The molecule has 1 aliphatic heterocycles. The fourth-order valence-corrected chi connectivity index (χ4v) is 3.05. The second kappa shape index (κ2) is 5.83. The average Bonchev–Trinajstić information content (AvgIpc) is 2.70. The van der Waals surface area contributed by atoms with Crippen LogP contribution in [-0.4, -0.2) is 23.5 Å². The van der Waals surface area contributed by atoms with E-state index in [2.05, 4.69) is 32.9 Å². The largest absolute Gasteiger partial charge is 0.448 e. The van der Waals surface area contributed by atoms with Gasteiger partial charge < -0.3 is 4.74 Å². The molecule has 0 saturated carbocycles. The molecule has 0 aliphatic carbocycles. The summed E-state index contributed by atoms with van der Waals surface area (Å²) >= 11 is 5.58. The highest BCUT2D eigenvalue weighted by Gasteiger charge is 2.39. The number of hydrogen-bond donors (Lipinski definition) is 0. The molecule has 2 atom stereocenters. The molecule has 19 heavy (non-hydrogen) atoms. The second-order valence-corrected chi connectivity index (χ2v) is 5.27. The van der Waals surface area contributed by atoms with Gasteiger partial charge in [0.1, 0.15) is 6.61 Å². The van der Waals surface area contributed by atoms with Crippen LogP contribution < -0.4 is 0 Å². The van der Waals surface area contributed by atoms with Crippen LogP contribution in [0, 0.1) is 6.92 Å². The Balaban J connectivity index is 2.33. The molecule has 0 bridgehead atoms. The van der Waals surface area contributed by atoms with Crippen LogP contribution in [0.25, 0.3) is 0 Å². The van der Waals surface area contributed by atoms with Gasteiger partial charge in [-0.05, 0) is 37.0 Å². The van der Waals surface area contributed by atoms with E-state index in [1.807, 2.05) is 11.0 Å². The van der Waals surface area contributed by atoms with Crippen molar-refractivity contribution in [2.24, 2.45) is 0 Å². The lowest BCUT2D eigenvalue weighted by molar-refractivity contribution is 0.0807. The number of nitrogens with zero attached hydrogens (tertiary/aromatic N) is 1. The number of halogens is 1. The van der Waals surface area contributed by atoms with E-state index in [-0.39, 0.29) is 24.8 Å². The Hall–Kier alpha value is -1.22. The van der Waals surface area contributed by atoms with E-state index < -0.39 is 0 Å². The Morgan fingerprint density at radius 2 is 2.21 bits per heavy atom. The molecule has 1 aromatic rings. The molecule has 4 heteroatoms. The van der Waals surface area contributed by atoms with Gasteiger partial charge in [-0.1, -0.05) is 25.1 Å². The van der Waals surface area contributed by atoms with Crippen molar-refractivity contribution in [1.29, 1.82) is 0 Å². The minimum absolute atomic E-state index is 0.0580. The lowest BCUT2D eigenvalue weighted by atomic mass is 9.96. The van der Waals surface area contributed by atoms with Crippen LogP contribution in [0.5, 0.6) is 0 Å². The van der Waals surface area contributed by atoms with Gasteiger partial charge in [-0.2, -0.15) is 0 Å². The topological polar surface area (TPSA) is 29.5 Å². The first kappa shape index (κ1) is 14.2. The van der Waals surface area contributed by atoms with E-state index in [0.717, 1.165) is 6.42 Å². The van der Waals surface area contributed by atoms with Crippen LogP contribution in [0.4, 0.5) is 4.79 Å². The zero-order chi connectivity index (χ0) is 14.0. The van der Waals surface area contributed by atoms with Crippen LogP contribution in [0.15, 0.2) is 18.2 Å². The summed E-state index contributed by atoms with van der Waals surface area (Å²) in [5.41, 5.74) is 3.75. The highest BCUT2D eigenvalue weighted by Crippen LogP contribution is 2.45. The van der Waals surface area contributed by atoms with Crippen LogP contribution in [0.2, 0.25) is 0 Å².